The first-order valence-electron chi connectivity index (χ1n) is 9.40. The lowest BCUT2D eigenvalue weighted by atomic mass is 10.1. The number of carbonyl (C=O) groups excluding carboxylic acids is 1. The monoisotopic (exact) mass is 430 g/mol. The van der Waals surface area contributed by atoms with E-state index in [-0.39, 0.29) is 28.2 Å². The van der Waals surface area contributed by atoms with Gasteiger partial charge in [-0.1, -0.05) is 17.2 Å². The number of anilines is 1. The Kier molecular flexibility index (Phi) is 5.60. The van der Waals surface area contributed by atoms with Crippen LogP contribution in [0.5, 0.6) is 0 Å². The molecule has 2 heterocycles. The van der Waals surface area contributed by atoms with Gasteiger partial charge in [0.1, 0.15) is 5.82 Å². The van der Waals surface area contributed by atoms with E-state index in [9.17, 15) is 17.6 Å². The standard InChI is InChI=1S/C20H19FN4O4S/c21-16-7-3-14(4-8-16)13-18-23-24-20(29-18)22-19(26)15-5-9-17(10-6-15)30(27,28)25-11-1-2-12-25/h3-10H,1-2,11-13H2,(H,22,24,26). The summed E-state index contributed by atoms with van der Waals surface area (Å²) in [5, 5.41) is 10.1. The van der Waals surface area contributed by atoms with Crippen molar-refractivity contribution >= 4 is 21.9 Å². The van der Waals surface area contributed by atoms with Crippen LogP contribution in [0.15, 0.2) is 57.8 Å². The van der Waals surface area contributed by atoms with Crippen LogP contribution < -0.4 is 5.32 Å². The second-order valence-corrected chi connectivity index (χ2v) is 8.83. The number of amides is 1. The largest absolute Gasteiger partial charge is 0.407 e. The van der Waals surface area contributed by atoms with Crippen LogP contribution in [-0.4, -0.2) is 41.9 Å². The lowest BCUT2D eigenvalue weighted by Crippen LogP contribution is -2.27. The Labute approximate surface area is 172 Å². The van der Waals surface area contributed by atoms with E-state index in [2.05, 4.69) is 15.5 Å². The molecule has 10 heteroatoms. The zero-order chi connectivity index (χ0) is 21.1. The lowest BCUT2D eigenvalue weighted by molar-refractivity contribution is 0.102. The van der Waals surface area contributed by atoms with Crippen molar-refractivity contribution in [2.24, 2.45) is 0 Å². The second kappa shape index (κ2) is 8.33. The quantitative estimate of drug-likeness (QED) is 0.645. The minimum absolute atomic E-state index is 0.0779. The summed E-state index contributed by atoms with van der Waals surface area (Å²) in [4.78, 5) is 12.5. The molecular formula is C20H19FN4O4S. The molecule has 0 aliphatic carbocycles. The van der Waals surface area contributed by atoms with Crippen LogP contribution >= 0.6 is 0 Å². The van der Waals surface area contributed by atoms with Gasteiger partial charge in [0.25, 0.3) is 5.91 Å². The molecule has 156 valence electrons. The van der Waals surface area contributed by atoms with Gasteiger partial charge in [0.2, 0.25) is 15.9 Å². The fraction of sp³-hybridized carbons (Fsp3) is 0.250. The number of sulfonamides is 1. The van der Waals surface area contributed by atoms with Gasteiger partial charge in [-0.3, -0.25) is 10.1 Å². The summed E-state index contributed by atoms with van der Waals surface area (Å²) in [6, 6.07) is 11.5. The van der Waals surface area contributed by atoms with E-state index >= 15 is 0 Å². The molecule has 30 heavy (non-hydrogen) atoms. The molecule has 0 bridgehead atoms. The van der Waals surface area contributed by atoms with Gasteiger partial charge in [0.15, 0.2) is 0 Å². The molecule has 1 N–H and O–H groups in total. The molecule has 3 aromatic rings. The van der Waals surface area contributed by atoms with Crippen molar-refractivity contribution in [3.8, 4) is 0 Å². The summed E-state index contributed by atoms with van der Waals surface area (Å²) in [7, 11) is -3.53. The summed E-state index contributed by atoms with van der Waals surface area (Å²) in [5.74, 6) is -0.572. The molecule has 8 nitrogen and oxygen atoms in total. The number of hydrogen-bond donors (Lipinski definition) is 1. The van der Waals surface area contributed by atoms with Gasteiger partial charge in [0.05, 0.1) is 11.3 Å². The normalized spacial score (nSPS) is 14.7. The number of nitrogens with one attached hydrogen (secondary N) is 1. The third-order valence-corrected chi connectivity index (χ3v) is 6.69. The van der Waals surface area contributed by atoms with Crippen LogP contribution in [0.4, 0.5) is 10.4 Å². The predicted molar refractivity (Wildman–Crippen MR) is 106 cm³/mol. The number of halogens is 1. The highest BCUT2D eigenvalue weighted by Crippen LogP contribution is 2.21. The Balaban J connectivity index is 1.40. The highest BCUT2D eigenvalue weighted by atomic mass is 32.2. The summed E-state index contributed by atoms with van der Waals surface area (Å²) in [5.41, 5.74) is 1.04. The summed E-state index contributed by atoms with van der Waals surface area (Å²) in [6.07, 6.45) is 2.01. The maximum absolute atomic E-state index is 13.0. The maximum Gasteiger partial charge on any atom is 0.322 e. The zero-order valence-electron chi connectivity index (χ0n) is 15.9. The van der Waals surface area contributed by atoms with E-state index in [0.717, 1.165) is 18.4 Å². The SMILES string of the molecule is O=C(Nc1nnc(Cc2ccc(F)cc2)o1)c1ccc(S(=O)(=O)N2CCCC2)cc1. The molecule has 1 amide bonds. The van der Waals surface area contributed by atoms with Crippen molar-refractivity contribution in [1.29, 1.82) is 0 Å². The minimum Gasteiger partial charge on any atom is -0.407 e. The van der Waals surface area contributed by atoms with E-state index in [1.165, 1.54) is 40.7 Å². The molecule has 4 rings (SSSR count). The van der Waals surface area contributed by atoms with Gasteiger partial charge in [-0.25, -0.2) is 12.8 Å². The third-order valence-electron chi connectivity index (χ3n) is 4.78. The van der Waals surface area contributed by atoms with Crippen LogP contribution in [0.2, 0.25) is 0 Å². The van der Waals surface area contributed by atoms with E-state index < -0.39 is 15.9 Å². The molecule has 0 spiro atoms. The van der Waals surface area contributed by atoms with E-state index in [1.807, 2.05) is 0 Å². The number of rotatable bonds is 6. The number of benzene rings is 2. The first-order valence-corrected chi connectivity index (χ1v) is 10.8. The van der Waals surface area contributed by atoms with E-state index in [0.29, 0.717) is 19.5 Å². The van der Waals surface area contributed by atoms with Crippen molar-refractivity contribution in [3.05, 3.63) is 71.4 Å². The third kappa shape index (κ3) is 4.39. The zero-order valence-corrected chi connectivity index (χ0v) is 16.7. The van der Waals surface area contributed by atoms with Crippen molar-refractivity contribution < 1.29 is 22.0 Å². The van der Waals surface area contributed by atoms with Gasteiger partial charge in [-0.15, -0.1) is 5.10 Å². The highest BCUT2D eigenvalue weighted by molar-refractivity contribution is 7.89. The van der Waals surface area contributed by atoms with Crippen LogP contribution in [-0.2, 0) is 16.4 Å². The fourth-order valence-electron chi connectivity index (χ4n) is 3.18. The fourth-order valence-corrected chi connectivity index (χ4v) is 4.69. The Hall–Kier alpha value is -3.11. The molecule has 1 aliphatic rings. The predicted octanol–water partition coefficient (Wildman–Crippen LogP) is 2.84. The Morgan fingerprint density at radius 3 is 2.37 bits per heavy atom. The Morgan fingerprint density at radius 2 is 1.70 bits per heavy atom. The molecule has 1 aliphatic heterocycles. The molecule has 0 unspecified atom stereocenters. The number of hydrogen-bond acceptors (Lipinski definition) is 6. The van der Waals surface area contributed by atoms with Crippen molar-refractivity contribution in [3.63, 3.8) is 0 Å². The molecule has 1 fully saturated rings. The van der Waals surface area contributed by atoms with Crippen LogP contribution in [0.1, 0.15) is 34.7 Å². The first-order chi connectivity index (χ1) is 14.4. The Morgan fingerprint density at radius 1 is 1.03 bits per heavy atom. The van der Waals surface area contributed by atoms with Gasteiger partial charge in [-0.2, -0.15) is 4.31 Å². The molecule has 0 atom stereocenters. The molecular weight excluding hydrogens is 411 g/mol. The molecule has 0 saturated carbocycles. The summed E-state index contributed by atoms with van der Waals surface area (Å²) >= 11 is 0. The highest BCUT2D eigenvalue weighted by Gasteiger charge is 2.27. The van der Waals surface area contributed by atoms with Crippen LogP contribution in [0, 0.1) is 5.82 Å². The van der Waals surface area contributed by atoms with Gasteiger partial charge >= 0.3 is 6.01 Å². The van der Waals surface area contributed by atoms with Crippen molar-refractivity contribution in [2.45, 2.75) is 24.2 Å². The van der Waals surface area contributed by atoms with Gasteiger partial charge in [0, 0.05) is 18.7 Å². The smallest absolute Gasteiger partial charge is 0.322 e. The minimum atomic E-state index is -3.53. The number of aromatic nitrogens is 2. The second-order valence-electron chi connectivity index (χ2n) is 6.89. The van der Waals surface area contributed by atoms with E-state index in [4.69, 9.17) is 4.42 Å². The molecule has 2 aromatic carbocycles. The summed E-state index contributed by atoms with van der Waals surface area (Å²) < 4.78 is 44.9. The van der Waals surface area contributed by atoms with E-state index in [1.54, 1.807) is 12.1 Å². The van der Waals surface area contributed by atoms with Crippen molar-refractivity contribution in [2.75, 3.05) is 18.4 Å². The maximum atomic E-state index is 13.0. The molecule has 1 aromatic heterocycles. The average Bonchev–Trinajstić information content (AvgIpc) is 3.43. The lowest BCUT2D eigenvalue weighted by Gasteiger charge is -2.15. The number of nitrogens with zero attached hydrogens (tertiary/aromatic N) is 3. The van der Waals surface area contributed by atoms with Crippen LogP contribution in [0.25, 0.3) is 0 Å². The Bertz CT molecular complexity index is 1140. The van der Waals surface area contributed by atoms with Gasteiger partial charge < -0.3 is 4.42 Å². The van der Waals surface area contributed by atoms with Gasteiger partial charge in [-0.05, 0) is 54.8 Å². The average molecular weight is 430 g/mol. The molecule has 1 saturated heterocycles. The summed E-state index contributed by atoms with van der Waals surface area (Å²) in [6.45, 7) is 1.03. The van der Waals surface area contributed by atoms with Crippen LogP contribution in [0.3, 0.4) is 0 Å². The topological polar surface area (TPSA) is 105 Å². The van der Waals surface area contributed by atoms with Crippen molar-refractivity contribution in [1.82, 2.24) is 14.5 Å². The molecule has 0 radical (unpaired) electrons. The first kappa shape index (κ1) is 20.2. The number of carbonyl (C=O) groups is 1.